The van der Waals surface area contributed by atoms with Crippen LogP contribution in [0.15, 0.2) is 12.3 Å². The molecule has 2 fully saturated rings. The first-order valence-corrected chi connectivity index (χ1v) is 7.90. The minimum atomic E-state index is 0.0584. The molecule has 0 aromatic carbocycles. The SMILES string of the molecule is Cc1[nH]ccc1C(=O)NCC1CCN(C2CCCC2)C1. The summed E-state index contributed by atoms with van der Waals surface area (Å²) in [6.45, 7) is 5.13. The van der Waals surface area contributed by atoms with Gasteiger partial charge in [0.1, 0.15) is 0 Å². The maximum Gasteiger partial charge on any atom is 0.253 e. The third-order valence-electron chi connectivity index (χ3n) is 4.91. The number of carbonyl (C=O) groups excluding carboxylic acids is 1. The van der Waals surface area contributed by atoms with Gasteiger partial charge in [0.25, 0.3) is 5.91 Å². The molecule has 110 valence electrons. The molecule has 1 atom stereocenters. The van der Waals surface area contributed by atoms with Crippen LogP contribution in [0.4, 0.5) is 0 Å². The number of nitrogens with one attached hydrogen (secondary N) is 2. The van der Waals surface area contributed by atoms with E-state index >= 15 is 0 Å². The molecular weight excluding hydrogens is 250 g/mol. The molecule has 2 aliphatic rings. The van der Waals surface area contributed by atoms with E-state index in [9.17, 15) is 4.79 Å². The lowest BCUT2D eigenvalue weighted by molar-refractivity contribution is 0.0946. The molecule has 0 bridgehead atoms. The predicted molar refractivity (Wildman–Crippen MR) is 79.8 cm³/mol. The van der Waals surface area contributed by atoms with Crippen molar-refractivity contribution in [1.29, 1.82) is 0 Å². The fourth-order valence-corrected chi connectivity index (χ4v) is 3.66. The maximum absolute atomic E-state index is 12.1. The molecule has 3 rings (SSSR count). The van der Waals surface area contributed by atoms with Gasteiger partial charge in [-0.2, -0.15) is 0 Å². The third-order valence-corrected chi connectivity index (χ3v) is 4.91. The molecule has 2 N–H and O–H groups in total. The summed E-state index contributed by atoms with van der Waals surface area (Å²) >= 11 is 0. The van der Waals surface area contributed by atoms with Gasteiger partial charge in [-0.25, -0.2) is 0 Å². The largest absolute Gasteiger partial charge is 0.365 e. The smallest absolute Gasteiger partial charge is 0.253 e. The van der Waals surface area contributed by atoms with Crippen molar-refractivity contribution in [1.82, 2.24) is 15.2 Å². The van der Waals surface area contributed by atoms with Crippen LogP contribution in [0.5, 0.6) is 0 Å². The van der Waals surface area contributed by atoms with Gasteiger partial charge in [-0.15, -0.1) is 0 Å². The van der Waals surface area contributed by atoms with Crippen molar-refractivity contribution in [3.8, 4) is 0 Å². The summed E-state index contributed by atoms with van der Waals surface area (Å²) in [6, 6.07) is 2.67. The van der Waals surface area contributed by atoms with Crippen LogP contribution in [-0.2, 0) is 0 Å². The summed E-state index contributed by atoms with van der Waals surface area (Å²) in [6.07, 6.45) is 8.60. The van der Waals surface area contributed by atoms with Crippen molar-refractivity contribution < 1.29 is 4.79 Å². The van der Waals surface area contributed by atoms with Crippen LogP contribution in [0.2, 0.25) is 0 Å². The van der Waals surface area contributed by atoms with E-state index in [1.165, 1.54) is 38.6 Å². The number of H-pyrrole nitrogens is 1. The number of aromatic nitrogens is 1. The lowest BCUT2D eigenvalue weighted by atomic mass is 10.1. The molecule has 4 heteroatoms. The van der Waals surface area contributed by atoms with E-state index in [0.717, 1.165) is 30.4 Å². The summed E-state index contributed by atoms with van der Waals surface area (Å²) in [5.74, 6) is 0.682. The first-order valence-electron chi connectivity index (χ1n) is 7.90. The van der Waals surface area contributed by atoms with Gasteiger partial charge in [0.2, 0.25) is 0 Å². The van der Waals surface area contributed by atoms with E-state index in [0.29, 0.717) is 5.92 Å². The van der Waals surface area contributed by atoms with Gasteiger partial charge < -0.3 is 15.2 Å². The number of rotatable bonds is 4. The highest BCUT2D eigenvalue weighted by Crippen LogP contribution is 2.28. The van der Waals surface area contributed by atoms with Crippen LogP contribution >= 0.6 is 0 Å². The molecule has 20 heavy (non-hydrogen) atoms. The predicted octanol–water partition coefficient (Wildman–Crippen LogP) is 2.32. The maximum atomic E-state index is 12.1. The topological polar surface area (TPSA) is 48.1 Å². The van der Waals surface area contributed by atoms with E-state index in [-0.39, 0.29) is 5.91 Å². The monoisotopic (exact) mass is 275 g/mol. The fourth-order valence-electron chi connectivity index (χ4n) is 3.66. The second-order valence-electron chi connectivity index (χ2n) is 6.31. The quantitative estimate of drug-likeness (QED) is 0.886. The standard InChI is InChI=1S/C16H25N3O/c1-12-15(6-8-17-12)16(20)18-10-13-7-9-19(11-13)14-4-2-3-5-14/h6,8,13-14,17H,2-5,7,9-11H2,1H3,(H,18,20). The third kappa shape index (κ3) is 2.90. The average molecular weight is 275 g/mol. The van der Waals surface area contributed by atoms with Crippen molar-refractivity contribution in [2.45, 2.75) is 45.1 Å². The number of likely N-dealkylation sites (tertiary alicyclic amines) is 1. The Morgan fingerprint density at radius 2 is 2.20 bits per heavy atom. The Morgan fingerprint density at radius 1 is 1.40 bits per heavy atom. The Morgan fingerprint density at radius 3 is 2.90 bits per heavy atom. The Kier molecular flexibility index (Phi) is 4.10. The second-order valence-corrected chi connectivity index (χ2v) is 6.31. The van der Waals surface area contributed by atoms with Crippen molar-refractivity contribution in [2.24, 2.45) is 5.92 Å². The van der Waals surface area contributed by atoms with E-state index in [1.807, 2.05) is 19.2 Å². The molecule has 0 spiro atoms. The van der Waals surface area contributed by atoms with Gasteiger partial charge in [-0.1, -0.05) is 12.8 Å². The Hall–Kier alpha value is -1.29. The van der Waals surface area contributed by atoms with Crippen molar-refractivity contribution in [2.75, 3.05) is 19.6 Å². The van der Waals surface area contributed by atoms with Crippen molar-refractivity contribution >= 4 is 5.91 Å². The molecule has 1 saturated heterocycles. The summed E-state index contributed by atoms with van der Waals surface area (Å²) in [7, 11) is 0. The summed E-state index contributed by atoms with van der Waals surface area (Å²) in [4.78, 5) is 17.8. The summed E-state index contributed by atoms with van der Waals surface area (Å²) < 4.78 is 0. The molecule has 1 saturated carbocycles. The number of aromatic amines is 1. The van der Waals surface area contributed by atoms with Gasteiger partial charge >= 0.3 is 0 Å². The Bertz CT molecular complexity index is 462. The number of amides is 1. The Balaban J connectivity index is 1.45. The minimum Gasteiger partial charge on any atom is -0.365 e. The molecule has 2 heterocycles. The molecule has 1 aliphatic heterocycles. The number of carbonyl (C=O) groups is 1. The van der Waals surface area contributed by atoms with Gasteiger partial charge in [0.15, 0.2) is 0 Å². The molecule has 1 aromatic heterocycles. The molecule has 0 radical (unpaired) electrons. The van der Waals surface area contributed by atoms with Crippen LogP contribution < -0.4 is 5.32 Å². The van der Waals surface area contributed by atoms with Crippen LogP contribution in [0.25, 0.3) is 0 Å². The average Bonchev–Trinajstić information content (AvgIpc) is 3.16. The number of nitrogens with zero attached hydrogens (tertiary/aromatic N) is 1. The molecule has 1 amide bonds. The lowest BCUT2D eigenvalue weighted by Crippen LogP contribution is -2.34. The zero-order valence-corrected chi connectivity index (χ0v) is 12.3. The molecule has 1 aromatic rings. The van der Waals surface area contributed by atoms with Crippen LogP contribution in [-0.4, -0.2) is 41.5 Å². The zero-order chi connectivity index (χ0) is 13.9. The van der Waals surface area contributed by atoms with E-state index in [4.69, 9.17) is 0 Å². The molecular formula is C16H25N3O. The lowest BCUT2D eigenvalue weighted by Gasteiger charge is -2.23. The van der Waals surface area contributed by atoms with E-state index in [1.54, 1.807) is 0 Å². The molecule has 1 aliphatic carbocycles. The van der Waals surface area contributed by atoms with Gasteiger partial charge in [-0.3, -0.25) is 4.79 Å². The summed E-state index contributed by atoms with van der Waals surface area (Å²) in [5.41, 5.74) is 1.72. The van der Waals surface area contributed by atoms with Crippen molar-refractivity contribution in [3.63, 3.8) is 0 Å². The number of aryl methyl sites for hydroxylation is 1. The Labute approximate surface area is 120 Å². The highest BCUT2D eigenvalue weighted by molar-refractivity contribution is 5.95. The van der Waals surface area contributed by atoms with Crippen LogP contribution in [0.1, 0.15) is 48.2 Å². The van der Waals surface area contributed by atoms with Crippen LogP contribution in [0.3, 0.4) is 0 Å². The molecule has 1 unspecified atom stereocenters. The highest BCUT2D eigenvalue weighted by atomic mass is 16.1. The number of hydrogen-bond acceptors (Lipinski definition) is 2. The first-order chi connectivity index (χ1) is 9.74. The van der Waals surface area contributed by atoms with E-state index in [2.05, 4.69) is 15.2 Å². The van der Waals surface area contributed by atoms with Gasteiger partial charge in [-0.05, 0) is 44.7 Å². The van der Waals surface area contributed by atoms with Crippen molar-refractivity contribution in [3.05, 3.63) is 23.5 Å². The normalized spacial score (nSPS) is 24.4. The summed E-state index contributed by atoms with van der Waals surface area (Å²) in [5, 5.41) is 3.09. The second kappa shape index (κ2) is 6.00. The zero-order valence-electron chi connectivity index (χ0n) is 12.3. The number of hydrogen-bond donors (Lipinski definition) is 2. The first kappa shape index (κ1) is 13.7. The van der Waals surface area contributed by atoms with Crippen LogP contribution in [0, 0.1) is 12.8 Å². The van der Waals surface area contributed by atoms with Gasteiger partial charge in [0.05, 0.1) is 5.56 Å². The highest BCUT2D eigenvalue weighted by Gasteiger charge is 2.29. The molecule has 4 nitrogen and oxygen atoms in total. The van der Waals surface area contributed by atoms with Gasteiger partial charge in [0, 0.05) is 31.0 Å². The minimum absolute atomic E-state index is 0.0584. The van der Waals surface area contributed by atoms with E-state index < -0.39 is 0 Å². The fraction of sp³-hybridized carbons (Fsp3) is 0.688.